The molecule has 0 amide bonds. The number of hydrogen-bond acceptors (Lipinski definition) is 3. The van der Waals surface area contributed by atoms with E-state index >= 15 is 0 Å². The van der Waals surface area contributed by atoms with Crippen LogP contribution in [0.5, 0.6) is 0 Å². The lowest BCUT2D eigenvalue weighted by atomic mass is 10.2. The Kier molecular flexibility index (Phi) is 3.44. The number of thiophene rings is 1. The molecule has 0 atom stereocenters. The summed E-state index contributed by atoms with van der Waals surface area (Å²) in [5, 5.41) is 4.39. The van der Waals surface area contributed by atoms with Gasteiger partial charge >= 0.3 is 0 Å². The van der Waals surface area contributed by atoms with E-state index in [9.17, 15) is 0 Å². The molecular formula is C12H18N2S. The van der Waals surface area contributed by atoms with Gasteiger partial charge in [0, 0.05) is 25.3 Å². The number of rotatable bonds is 4. The predicted octanol–water partition coefficient (Wildman–Crippen LogP) is 2.40. The van der Waals surface area contributed by atoms with Crippen LogP contribution >= 0.6 is 11.3 Å². The Morgan fingerprint density at radius 2 is 2.40 bits per heavy atom. The van der Waals surface area contributed by atoms with E-state index in [0.717, 1.165) is 13.2 Å². The molecule has 1 aromatic rings. The highest BCUT2D eigenvalue weighted by Crippen LogP contribution is 2.12. The van der Waals surface area contributed by atoms with Crippen LogP contribution in [0.25, 0.3) is 0 Å². The summed E-state index contributed by atoms with van der Waals surface area (Å²) < 4.78 is 0. The molecule has 2 nitrogen and oxygen atoms in total. The first-order valence-corrected chi connectivity index (χ1v) is 6.34. The molecule has 0 unspecified atom stereocenters. The average Bonchev–Trinajstić information content (AvgIpc) is 2.86. The van der Waals surface area contributed by atoms with Gasteiger partial charge in [-0.2, -0.15) is 11.3 Å². The zero-order valence-corrected chi connectivity index (χ0v) is 10.1. The van der Waals surface area contributed by atoms with Crippen molar-refractivity contribution in [1.29, 1.82) is 0 Å². The van der Waals surface area contributed by atoms with Gasteiger partial charge in [0.15, 0.2) is 0 Å². The van der Waals surface area contributed by atoms with Crippen molar-refractivity contribution >= 4 is 11.3 Å². The molecule has 82 valence electrons. The highest BCUT2D eigenvalue weighted by Gasteiger charge is 2.18. The van der Waals surface area contributed by atoms with E-state index < -0.39 is 0 Å². The minimum atomic E-state index is 1.06. The van der Waals surface area contributed by atoms with Gasteiger partial charge in [-0.05, 0) is 35.7 Å². The lowest BCUT2D eigenvalue weighted by Crippen LogP contribution is -2.26. The van der Waals surface area contributed by atoms with Crippen LogP contribution in [0.2, 0.25) is 0 Å². The van der Waals surface area contributed by atoms with E-state index in [4.69, 9.17) is 0 Å². The van der Waals surface area contributed by atoms with Crippen LogP contribution in [-0.4, -0.2) is 36.1 Å². The van der Waals surface area contributed by atoms with Crippen LogP contribution in [0.1, 0.15) is 12.5 Å². The Labute approximate surface area is 95.8 Å². The summed E-state index contributed by atoms with van der Waals surface area (Å²) in [5.74, 6) is 0. The summed E-state index contributed by atoms with van der Waals surface area (Å²) >= 11 is 1.78. The summed E-state index contributed by atoms with van der Waals surface area (Å²) in [6, 6.07) is 2.22. The standard InChI is InChI=1S/C12H18N2S/c1-11(2)14-7-6-13(10-14)5-3-12-4-8-15-9-12/h4,8-9H,1,3,5-7,10H2,2H3. The molecule has 0 aliphatic carbocycles. The van der Waals surface area contributed by atoms with E-state index in [-0.39, 0.29) is 0 Å². The van der Waals surface area contributed by atoms with Crippen molar-refractivity contribution in [2.75, 3.05) is 26.3 Å². The Hall–Kier alpha value is -0.800. The van der Waals surface area contributed by atoms with Crippen molar-refractivity contribution < 1.29 is 0 Å². The highest BCUT2D eigenvalue weighted by molar-refractivity contribution is 7.07. The fourth-order valence-corrected chi connectivity index (χ4v) is 2.56. The summed E-state index contributed by atoms with van der Waals surface area (Å²) in [6.45, 7) is 10.6. The van der Waals surface area contributed by atoms with Crippen molar-refractivity contribution in [2.45, 2.75) is 13.3 Å². The molecule has 1 saturated heterocycles. The SMILES string of the molecule is C=C(C)N1CCN(CCc2ccsc2)C1. The summed E-state index contributed by atoms with van der Waals surface area (Å²) in [4.78, 5) is 4.83. The van der Waals surface area contributed by atoms with Crippen LogP contribution in [-0.2, 0) is 6.42 Å². The van der Waals surface area contributed by atoms with Crippen LogP contribution in [0.3, 0.4) is 0 Å². The Balaban J connectivity index is 1.75. The van der Waals surface area contributed by atoms with Gasteiger partial charge in [-0.1, -0.05) is 6.58 Å². The largest absolute Gasteiger partial charge is 0.361 e. The summed E-state index contributed by atoms with van der Waals surface area (Å²) in [7, 11) is 0. The maximum atomic E-state index is 3.98. The van der Waals surface area contributed by atoms with Crippen LogP contribution in [0.15, 0.2) is 29.1 Å². The van der Waals surface area contributed by atoms with Gasteiger partial charge in [-0.25, -0.2) is 0 Å². The Morgan fingerprint density at radius 3 is 3.00 bits per heavy atom. The van der Waals surface area contributed by atoms with Gasteiger partial charge in [0.05, 0.1) is 6.67 Å². The van der Waals surface area contributed by atoms with Crippen molar-refractivity contribution in [2.24, 2.45) is 0 Å². The molecule has 0 N–H and O–H groups in total. The first kappa shape index (κ1) is 10.7. The van der Waals surface area contributed by atoms with Crippen LogP contribution < -0.4 is 0 Å². The minimum Gasteiger partial charge on any atom is -0.361 e. The average molecular weight is 222 g/mol. The van der Waals surface area contributed by atoms with Crippen molar-refractivity contribution in [3.8, 4) is 0 Å². The predicted molar refractivity (Wildman–Crippen MR) is 66.0 cm³/mol. The molecule has 0 bridgehead atoms. The van der Waals surface area contributed by atoms with Gasteiger partial charge in [0.1, 0.15) is 0 Å². The molecule has 1 aliphatic heterocycles. The molecule has 3 heteroatoms. The first-order valence-electron chi connectivity index (χ1n) is 5.39. The molecule has 0 aromatic carbocycles. The lowest BCUT2D eigenvalue weighted by molar-refractivity contribution is 0.282. The van der Waals surface area contributed by atoms with Crippen molar-refractivity contribution in [3.05, 3.63) is 34.7 Å². The van der Waals surface area contributed by atoms with Gasteiger partial charge in [-0.3, -0.25) is 4.90 Å². The summed E-state index contributed by atoms with van der Waals surface area (Å²) in [5.41, 5.74) is 2.65. The van der Waals surface area contributed by atoms with Crippen LogP contribution in [0, 0.1) is 0 Å². The monoisotopic (exact) mass is 222 g/mol. The molecule has 1 fully saturated rings. The molecule has 0 spiro atoms. The molecule has 2 rings (SSSR count). The first-order chi connectivity index (χ1) is 7.25. The van der Waals surface area contributed by atoms with Gasteiger partial charge in [-0.15, -0.1) is 0 Å². The van der Waals surface area contributed by atoms with E-state index in [1.165, 1.54) is 30.8 Å². The quantitative estimate of drug-likeness (QED) is 0.772. The highest BCUT2D eigenvalue weighted by atomic mass is 32.1. The smallest absolute Gasteiger partial charge is 0.0705 e. The molecule has 15 heavy (non-hydrogen) atoms. The molecule has 2 heterocycles. The molecule has 0 radical (unpaired) electrons. The Morgan fingerprint density at radius 1 is 1.53 bits per heavy atom. The Bertz CT molecular complexity index is 318. The summed E-state index contributed by atoms with van der Waals surface area (Å²) in [6.07, 6.45) is 1.17. The third-order valence-electron chi connectivity index (χ3n) is 2.89. The maximum Gasteiger partial charge on any atom is 0.0705 e. The number of nitrogens with zero attached hydrogens (tertiary/aromatic N) is 2. The number of allylic oxidation sites excluding steroid dienone is 1. The lowest BCUT2D eigenvalue weighted by Gasteiger charge is -2.19. The molecule has 0 saturated carbocycles. The number of hydrogen-bond donors (Lipinski definition) is 0. The maximum absolute atomic E-state index is 3.98. The van der Waals surface area contributed by atoms with E-state index in [1.807, 2.05) is 0 Å². The fraction of sp³-hybridized carbons (Fsp3) is 0.500. The zero-order valence-electron chi connectivity index (χ0n) is 9.28. The van der Waals surface area contributed by atoms with E-state index in [2.05, 4.69) is 40.1 Å². The van der Waals surface area contributed by atoms with Gasteiger partial charge < -0.3 is 4.90 Å². The van der Waals surface area contributed by atoms with E-state index in [1.54, 1.807) is 11.3 Å². The minimum absolute atomic E-state index is 1.06. The molecule has 1 aromatic heterocycles. The zero-order chi connectivity index (χ0) is 10.7. The topological polar surface area (TPSA) is 6.48 Å². The van der Waals surface area contributed by atoms with Crippen LogP contribution in [0.4, 0.5) is 0 Å². The molecule has 1 aliphatic rings. The third kappa shape index (κ3) is 2.83. The van der Waals surface area contributed by atoms with E-state index in [0.29, 0.717) is 0 Å². The van der Waals surface area contributed by atoms with Crippen molar-refractivity contribution in [3.63, 3.8) is 0 Å². The normalized spacial score (nSPS) is 17.3. The second-order valence-electron chi connectivity index (χ2n) is 4.14. The second kappa shape index (κ2) is 4.81. The van der Waals surface area contributed by atoms with Gasteiger partial charge in [0.2, 0.25) is 0 Å². The third-order valence-corrected chi connectivity index (χ3v) is 3.63. The fourth-order valence-electron chi connectivity index (χ4n) is 1.86. The van der Waals surface area contributed by atoms with Crippen molar-refractivity contribution in [1.82, 2.24) is 9.80 Å². The second-order valence-corrected chi connectivity index (χ2v) is 4.92. The van der Waals surface area contributed by atoms with Gasteiger partial charge in [0.25, 0.3) is 0 Å². The molecular weight excluding hydrogens is 204 g/mol.